The van der Waals surface area contributed by atoms with Crippen LogP contribution >= 0.6 is 11.6 Å². The highest BCUT2D eigenvalue weighted by Crippen LogP contribution is 2.26. The summed E-state index contributed by atoms with van der Waals surface area (Å²) in [6.07, 6.45) is 1.96. The van der Waals surface area contributed by atoms with Crippen molar-refractivity contribution >= 4 is 33.8 Å². The van der Waals surface area contributed by atoms with Gasteiger partial charge in [-0.3, -0.25) is 4.40 Å². The normalized spacial score (nSPS) is 11.2. The average Bonchev–Trinajstić information content (AvgIpc) is 2.98. The number of aromatic nitrogens is 4. The number of nitrogens with zero attached hydrogens (tertiary/aromatic N) is 5. The molecule has 4 rings (SSSR count). The van der Waals surface area contributed by atoms with Gasteiger partial charge in [-0.15, -0.1) is 10.2 Å². The SMILES string of the molecule is CN(Cc1nnc2ccccn12)c1cc2ccccc2c(Cl)n1. The second-order valence-corrected chi connectivity index (χ2v) is 5.75. The van der Waals surface area contributed by atoms with E-state index in [-0.39, 0.29) is 0 Å². The second kappa shape index (κ2) is 5.52. The molecule has 0 spiro atoms. The first-order valence-corrected chi connectivity index (χ1v) is 7.65. The Morgan fingerprint density at radius 2 is 1.91 bits per heavy atom. The predicted octanol–water partition coefficient (Wildman–Crippen LogP) is 3.57. The van der Waals surface area contributed by atoms with Gasteiger partial charge < -0.3 is 4.90 Å². The van der Waals surface area contributed by atoms with Crippen molar-refractivity contribution in [3.63, 3.8) is 0 Å². The van der Waals surface area contributed by atoms with Crippen molar-refractivity contribution in [3.05, 3.63) is 65.7 Å². The third kappa shape index (κ3) is 2.49. The summed E-state index contributed by atoms with van der Waals surface area (Å²) in [5, 5.41) is 11.0. The van der Waals surface area contributed by atoms with Crippen LogP contribution in [0.15, 0.2) is 54.7 Å². The lowest BCUT2D eigenvalue weighted by atomic mass is 10.2. The number of pyridine rings is 2. The minimum atomic E-state index is 0.510. The number of hydrogen-bond donors (Lipinski definition) is 0. The van der Waals surface area contributed by atoms with Crippen LogP contribution in [0.3, 0.4) is 0 Å². The van der Waals surface area contributed by atoms with Gasteiger partial charge in [-0.25, -0.2) is 4.98 Å². The average molecular weight is 324 g/mol. The number of halogens is 1. The number of anilines is 1. The highest BCUT2D eigenvalue weighted by atomic mass is 35.5. The molecule has 5 nitrogen and oxygen atoms in total. The number of rotatable bonds is 3. The fraction of sp³-hybridized carbons (Fsp3) is 0.118. The van der Waals surface area contributed by atoms with Crippen LogP contribution in [-0.2, 0) is 6.54 Å². The Labute approximate surface area is 138 Å². The Balaban J connectivity index is 1.70. The van der Waals surface area contributed by atoms with E-state index in [0.717, 1.165) is 28.1 Å². The Morgan fingerprint density at radius 1 is 1.09 bits per heavy atom. The fourth-order valence-electron chi connectivity index (χ4n) is 2.63. The Hall–Kier alpha value is -2.66. The van der Waals surface area contributed by atoms with Gasteiger partial charge in [0.25, 0.3) is 0 Å². The Kier molecular flexibility index (Phi) is 3.35. The van der Waals surface area contributed by atoms with Crippen molar-refractivity contribution in [2.45, 2.75) is 6.54 Å². The zero-order chi connectivity index (χ0) is 15.8. The molecule has 0 aliphatic heterocycles. The van der Waals surface area contributed by atoms with Crippen LogP contribution in [0, 0.1) is 0 Å². The smallest absolute Gasteiger partial charge is 0.160 e. The van der Waals surface area contributed by atoms with E-state index in [0.29, 0.717) is 11.7 Å². The molecule has 23 heavy (non-hydrogen) atoms. The molecule has 0 saturated heterocycles. The molecule has 0 amide bonds. The van der Waals surface area contributed by atoms with Gasteiger partial charge >= 0.3 is 0 Å². The van der Waals surface area contributed by atoms with E-state index in [2.05, 4.69) is 15.2 Å². The first-order chi connectivity index (χ1) is 11.2. The van der Waals surface area contributed by atoms with Crippen molar-refractivity contribution in [2.24, 2.45) is 0 Å². The van der Waals surface area contributed by atoms with Gasteiger partial charge in [-0.05, 0) is 23.6 Å². The Bertz CT molecular complexity index is 995. The van der Waals surface area contributed by atoms with E-state index >= 15 is 0 Å². The molecule has 0 saturated carbocycles. The molecule has 0 aliphatic carbocycles. The van der Waals surface area contributed by atoms with Gasteiger partial charge in [-0.2, -0.15) is 0 Å². The van der Waals surface area contributed by atoms with E-state index in [1.165, 1.54) is 0 Å². The number of fused-ring (bicyclic) bond motifs is 2. The molecule has 0 fully saturated rings. The largest absolute Gasteiger partial charge is 0.352 e. The molecule has 0 unspecified atom stereocenters. The second-order valence-electron chi connectivity index (χ2n) is 5.39. The van der Waals surface area contributed by atoms with Gasteiger partial charge in [0, 0.05) is 18.6 Å². The van der Waals surface area contributed by atoms with Crippen LogP contribution in [0.25, 0.3) is 16.4 Å². The molecule has 1 aromatic carbocycles. The summed E-state index contributed by atoms with van der Waals surface area (Å²) < 4.78 is 1.97. The van der Waals surface area contributed by atoms with Gasteiger partial charge in [0.2, 0.25) is 0 Å². The van der Waals surface area contributed by atoms with Crippen LogP contribution < -0.4 is 4.90 Å². The molecule has 114 valence electrons. The molecule has 0 atom stereocenters. The molecule has 0 N–H and O–H groups in total. The van der Waals surface area contributed by atoms with Crippen LogP contribution in [0.4, 0.5) is 5.82 Å². The maximum absolute atomic E-state index is 6.31. The standard InChI is InChI=1S/C17H14ClN5/c1-22(11-16-21-20-14-8-4-5-9-23(14)16)15-10-12-6-2-3-7-13(12)17(18)19-15/h2-10H,11H2,1H3. The molecular formula is C17H14ClN5. The van der Waals surface area contributed by atoms with Crippen molar-refractivity contribution in [1.29, 1.82) is 0 Å². The molecule has 3 aromatic heterocycles. The first kappa shape index (κ1) is 14.0. The monoisotopic (exact) mass is 323 g/mol. The fourth-order valence-corrected chi connectivity index (χ4v) is 2.89. The van der Waals surface area contributed by atoms with E-state index in [9.17, 15) is 0 Å². The minimum absolute atomic E-state index is 0.510. The summed E-state index contributed by atoms with van der Waals surface area (Å²) >= 11 is 6.31. The molecule has 0 bridgehead atoms. The summed E-state index contributed by atoms with van der Waals surface area (Å²) in [7, 11) is 1.97. The zero-order valence-corrected chi connectivity index (χ0v) is 13.3. The lowest BCUT2D eigenvalue weighted by Crippen LogP contribution is -2.19. The molecule has 4 aromatic rings. The van der Waals surface area contributed by atoms with Gasteiger partial charge in [0.05, 0.1) is 6.54 Å². The van der Waals surface area contributed by atoms with Crippen LogP contribution in [0.1, 0.15) is 5.82 Å². The van der Waals surface area contributed by atoms with Crippen molar-refractivity contribution in [3.8, 4) is 0 Å². The van der Waals surface area contributed by atoms with E-state index < -0.39 is 0 Å². The van der Waals surface area contributed by atoms with Gasteiger partial charge in [0.1, 0.15) is 11.0 Å². The lowest BCUT2D eigenvalue weighted by molar-refractivity contribution is 0.811. The lowest BCUT2D eigenvalue weighted by Gasteiger charge is -2.18. The molecule has 6 heteroatoms. The summed E-state index contributed by atoms with van der Waals surface area (Å²) in [6, 6.07) is 15.8. The van der Waals surface area contributed by atoms with Crippen molar-refractivity contribution in [1.82, 2.24) is 19.6 Å². The van der Waals surface area contributed by atoms with Crippen molar-refractivity contribution in [2.75, 3.05) is 11.9 Å². The maximum atomic E-state index is 6.31. The molecule has 0 radical (unpaired) electrons. The van der Waals surface area contributed by atoms with Crippen LogP contribution in [0.2, 0.25) is 5.15 Å². The third-order valence-electron chi connectivity index (χ3n) is 3.83. The molecular weight excluding hydrogens is 310 g/mol. The predicted molar refractivity (Wildman–Crippen MR) is 91.8 cm³/mol. The topological polar surface area (TPSA) is 46.3 Å². The van der Waals surface area contributed by atoms with E-state index in [1.54, 1.807) is 0 Å². The number of benzene rings is 1. The quantitative estimate of drug-likeness (QED) is 0.541. The minimum Gasteiger partial charge on any atom is -0.352 e. The third-order valence-corrected chi connectivity index (χ3v) is 4.12. The highest BCUT2D eigenvalue weighted by Gasteiger charge is 2.11. The van der Waals surface area contributed by atoms with Crippen molar-refractivity contribution < 1.29 is 0 Å². The summed E-state index contributed by atoms with van der Waals surface area (Å²) in [4.78, 5) is 6.51. The molecule has 3 heterocycles. The summed E-state index contributed by atoms with van der Waals surface area (Å²) in [5.74, 6) is 1.66. The van der Waals surface area contributed by atoms with Gasteiger partial charge in [0.15, 0.2) is 11.5 Å². The maximum Gasteiger partial charge on any atom is 0.160 e. The summed E-state index contributed by atoms with van der Waals surface area (Å²) in [6.45, 7) is 0.590. The zero-order valence-electron chi connectivity index (χ0n) is 12.5. The van der Waals surface area contributed by atoms with E-state index in [1.807, 2.05) is 71.1 Å². The molecule has 0 aliphatic rings. The van der Waals surface area contributed by atoms with Crippen LogP contribution in [0.5, 0.6) is 0 Å². The first-order valence-electron chi connectivity index (χ1n) is 7.27. The van der Waals surface area contributed by atoms with E-state index in [4.69, 9.17) is 11.6 Å². The highest BCUT2D eigenvalue weighted by molar-refractivity contribution is 6.34. The van der Waals surface area contributed by atoms with Gasteiger partial charge in [-0.1, -0.05) is 41.9 Å². The summed E-state index contributed by atoms with van der Waals surface area (Å²) in [5.41, 5.74) is 0.834. The number of hydrogen-bond acceptors (Lipinski definition) is 4. The van der Waals surface area contributed by atoms with Crippen LogP contribution in [-0.4, -0.2) is 26.6 Å². The Morgan fingerprint density at radius 3 is 2.83 bits per heavy atom.